The first-order chi connectivity index (χ1) is 11.8. The van der Waals surface area contributed by atoms with E-state index < -0.39 is 0 Å². The highest BCUT2D eigenvalue weighted by Crippen LogP contribution is 2.23. The van der Waals surface area contributed by atoms with E-state index in [9.17, 15) is 9.59 Å². The summed E-state index contributed by atoms with van der Waals surface area (Å²) in [7, 11) is 1.86. The topological polar surface area (TPSA) is 49.4 Å². The lowest BCUT2D eigenvalue weighted by Crippen LogP contribution is -2.39. The van der Waals surface area contributed by atoms with Gasteiger partial charge in [-0.05, 0) is 50.7 Å². The van der Waals surface area contributed by atoms with Gasteiger partial charge in [-0.1, -0.05) is 41.4 Å². The van der Waals surface area contributed by atoms with E-state index in [1.165, 1.54) is 6.92 Å². The van der Waals surface area contributed by atoms with Crippen molar-refractivity contribution in [2.75, 3.05) is 12.4 Å². The molecule has 1 amide bonds. The van der Waals surface area contributed by atoms with E-state index in [2.05, 4.69) is 5.32 Å². The minimum absolute atomic E-state index is 0.0408. The van der Waals surface area contributed by atoms with Crippen LogP contribution in [0.3, 0.4) is 0 Å². The fourth-order valence-electron chi connectivity index (χ4n) is 2.33. The van der Waals surface area contributed by atoms with Gasteiger partial charge in [0.15, 0.2) is 5.78 Å². The molecule has 2 rings (SSSR count). The lowest BCUT2D eigenvalue weighted by atomic mass is 10.1. The molecule has 25 heavy (non-hydrogen) atoms. The van der Waals surface area contributed by atoms with Crippen molar-refractivity contribution in [2.24, 2.45) is 0 Å². The zero-order chi connectivity index (χ0) is 18.6. The van der Waals surface area contributed by atoms with E-state index in [0.717, 1.165) is 5.56 Å². The van der Waals surface area contributed by atoms with Crippen LogP contribution < -0.4 is 5.32 Å². The number of carbonyl (C=O) groups is 2. The van der Waals surface area contributed by atoms with Crippen molar-refractivity contribution in [3.8, 4) is 0 Å². The number of hydrogen-bond donors (Lipinski definition) is 1. The predicted molar refractivity (Wildman–Crippen MR) is 102 cm³/mol. The van der Waals surface area contributed by atoms with Crippen molar-refractivity contribution in [2.45, 2.75) is 26.4 Å². The third kappa shape index (κ3) is 5.30. The molecule has 1 N–H and O–H groups in total. The smallest absolute Gasteiger partial charge is 0.241 e. The summed E-state index contributed by atoms with van der Waals surface area (Å²) in [5, 5.41) is 3.84. The Balaban J connectivity index is 2.02. The van der Waals surface area contributed by atoms with Gasteiger partial charge in [-0.25, -0.2) is 0 Å². The normalized spacial score (nSPS) is 12.1. The van der Waals surface area contributed by atoms with Crippen LogP contribution in [-0.2, 0) is 11.3 Å². The molecule has 0 spiro atoms. The third-order valence-corrected chi connectivity index (χ3v) is 4.73. The molecule has 0 aliphatic carbocycles. The van der Waals surface area contributed by atoms with E-state index >= 15 is 0 Å². The largest absolute Gasteiger partial charge is 0.325 e. The number of hydrogen-bond acceptors (Lipinski definition) is 3. The number of nitrogens with one attached hydrogen (secondary N) is 1. The monoisotopic (exact) mass is 378 g/mol. The molecular weight excluding hydrogens is 359 g/mol. The van der Waals surface area contributed by atoms with Crippen LogP contribution in [0, 0.1) is 0 Å². The maximum atomic E-state index is 12.5. The summed E-state index contributed by atoms with van der Waals surface area (Å²) in [6.45, 7) is 3.87. The minimum atomic E-state index is -0.365. The molecule has 4 nitrogen and oxygen atoms in total. The molecule has 0 saturated carbocycles. The zero-order valence-electron chi connectivity index (χ0n) is 14.3. The van der Waals surface area contributed by atoms with Crippen LogP contribution in [0.2, 0.25) is 10.0 Å². The lowest BCUT2D eigenvalue weighted by Gasteiger charge is -2.24. The summed E-state index contributed by atoms with van der Waals surface area (Å²) >= 11 is 12.0. The van der Waals surface area contributed by atoms with Gasteiger partial charge in [-0.2, -0.15) is 0 Å². The van der Waals surface area contributed by atoms with Crippen LogP contribution in [0.1, 0.15) is 29.8 Å². The summed E-state index contributed by atoms with van der Waals surface area (Å²) in [6.07, 6.45) is 0. The molecule has 132 valence electrons. The lowest BCUT2D eigenvalue weighted by molar-refractivity contribution is -0.120. The molecule has 0 radical (unpaired) electrons. The van der Waals surface area contributed by atoms with Crippen LogP contribution in [0.25, 0.3) is 0 Å². The van der Waals surface area contributed by atoms with E-state index in [1.807, 2.05) is 24.9 Å². The van der Waals surface area contributed by atoms with Crippen LogP contribution in [-0.4, -0.2) is 29.7 Å². The number of halogens is 2. The standard InChI is InChI=1S/C19H20Cl2N2O2/c1-12(23(3)11-14-7-8-17(20)18(21)9-14)19(25)22-16-6-4-5-15(10-16)13(2)24/h4-10,12H,11H2,1-3H3,(H,22,25)/t12-/m0/s1. The van der Waals surface area contributed by atoms with Crippen LogP contribution in [0.15, 0.2) is 42.5 Å². The van der Waals surface area contributed by atoms with Crippen molar-refractivity contribution in [1.29, 1.82) is 0 Å². The van der Waals surface area contributed by atoms with E-state index in [4.69, 9.17) is 23.2 Å². The molecule has 0 fully saturated rings. The van der Waals surface area contributed by atoms with Crippen molar-refractivity contribution in [1.82, 2.24) is 4.90 Å². The SMILES string of the molecule is CC(=O)c1cccc(NC(=O)[C@H](C)N(C)Cc2ccc(Cl)c(Cl)c2)c1. The number of rotatable bonds is 6. The van der Waals surface area contributed by atoms with Gasteiger partial charge in [-0.3, -0.25) is 14.5 Å². The first-order valence-corrected chi connectivity index (χ1v) is 8.59. The van der Waals surface area contributed by atoms with Gasteiger partial charge in [0.1, 0.15) is 0 Å². The predicted octanol–water partition coefficient (Wildman–Crippen LogP) is 4.66. The first kappa shape index (κ1) is 19.4. The van der Waals surface area contributed by atoms with Gasteiger partial charge in [-0.15, -0.1) is 0 Å². The van der Waals surface area contributed by atoms with Gasteiger partial charge >= 0.3 is 0 Å². The maximum absolute atomic E-state index is 12.5. The van der Waals surface area contributed by atoms with Gasteiger partial charge in [0.05, 0.1) is 16.1 Å². The molecule has 0 saturated heterocycles. The molecule has 0 bridgehead atoms. The number of anilines is 1. The second-order valence-electron chi connectivity index (χ2n) is 5.97. The Kier molecular flexibility index (Phi) is 6.59. The second-order valence-corrected chi connectivity index (χ2v) is 6.78. The van der Waals surface area contributed by atoms with E-state index in [1.54, 1.807) is 36.4 Å². The Hall–Kier alpha value is -1.88. The van der Waals surface area contributed by atoms with Crippen molar-refractivity contribution >= 4 is 40.6 Å². The summed E-state index contributed by atoms with van der Waals surface area (Å²) in [4.78, 5) is 25.8. The van der Waals surface area contributed by atoms with Gasteiger partial charge in [0.2, 0.25) is 5.91 Å². The summed E-state index contributed by atoms with van der Waals surface area (Å²) in [5.74, 6) is -0.191. The third-order valence-electron chi connectivity index (χ3n) is 3.99. The van der Waals surface area contributed by atoms with Crippen LogP contribution in [0.5, 0.6) is 0 Å². The number of benzene rings is 2. The molecule has 2 aromatic carbocycles. The zero-order valence-corrected chi connectivity index (χ0v) is 15.9. The van der Waals surface area contributed by atoms with Crippen LogP contribution in [0.4, 0.5) is 5.69 Å². The Morgan fingerprint density at radius 3 is 2.48 bits per heavy atom. The Morgan fingerprint density at radius 2 is 1.84 bits per heavy atom. The van der Waals surface area contributed by atoms with Gasteiger partial charge in [0.25, 0.3) is 0 Å². The quantitative estimate of drug-likeness (QED) is 0.743. The molecule has 0 heterocycles. The number of amides is 1. The van der Waals surface area contributed by atoms with E-state index in [-0.39, 0.29) is 17.7 Å². The Labute approximate surface area is 157 Å². The molecule has 0 aliphatic heterocycles. The average molecular weight is 379 g/mol. The highest BCUT2D eigenvalue weighted by molar-refractivity contribution is 6.42. The molecule has 0 unspecified atom stereocenters. The number of Topliss-reactive ketones (excluding diaryl/α,β-unsaturated/α-hetero) is 1. The van der Waals surface area contributed by atoms with Gasteiger partial charge in [0, 0.05) is 17.8 Å². The van der Waals surface area contributed by atoms with Crippen molar-refractivity contribution in [3.63, 3.8) is 0 Å². The average Bonchev–Trinajstić information content (AvgIpc) is 2.57. The minimum Gasteiger partial charge on any atom is -0.325 e. The molecule has 0 aromatic heterocycles. The van der Waals surface area contributed by atoms with E-state index in [0.29, 0.717) is 27.8 Å². The number of carbonyl (C=O) groups excluding carboxylic acids is 2. The summed E-state index contributed by atoms with van der Waals surface area (Å²) in [5.41, 5.74) is 2.14. The second kappa shape index (κ2) is 8.48. The highest BCUT2D eigenvalue weighted by Gasteiger charge is 2.19. The number of likely N-dealkylation sites (N-methyl/N-ethyl adjacent to an activating group) is 1. The fourth-order valence-corrected chi connectivity index (χ4v) is 2.65. The first-order valence-electron chi connectivity index (χ1n) is 7.84. The van der Waals surface area contributed by atoms with Crippen LogP contribution >= 0.6 is 23.2 Å². The number of ketones is 1. The summed E-state index contributed by atoms with van der Waals surface area (Å²) < 4.78 is 0. The van der Waals surface area contributed by atoms with Gasteiger partial charge < -0.3 is 5.32 Å². The number of nitrogens with zero attached hydrogens (tertiary/aromatic N) is 1. The molecule has 1 atom stereocenters. The summed E-state index contributed by atoms with van der Waals surface area (Å²) in [6, 6.07) is 11.9. The molecule has 2 aromatic rings. The van der Waals surface area contributed by atoms with Crippen molar-refractivity contribution in [3.05, 3.63) is 63.6 Å². The fraction of sp³-hybridized carbons (Fsp3) is 0.263. The molecular formula is C19H20Cl2N2O2. The molecule has 6 heteroatoms. The Morgan fingerprint density at radius 1 is 1.12 bits per heavy atom. The maximum Gasteiger partial charge on any atom is 0.241 e. The highest BCUT2D eigenvalue weighted by atomic mass is 35.5. The van der Waals surface area contributed by atoms with Crippen molar-refractivity contribution < 1.29 is 9.59 Å². The Bertz CT molecular complexity index is 793. The molecule has 0 aliphatic rings.